The van der Waals surface area contributed by atoms with Gasteiger partial charge in [-0.05, 0) is 54.3 Å². The molecule has 132 valence electrons. The Balaban J connectivity index is 1.84. The van der Waals surface area contributed by atoms with E-state index in [1.54, 1.807) is 31.4 Å². The lowest BCUT2D eigenvalue weighted by molar-refractivity contribution is -0.119. The number of nitrogens with one attached hydrogen (secondary N) is 1. The molecule has 0 aliphatic carbocycles. The van der Waals surface area contributed by atoms with Gasteiger partial charge >= 0.3 is 5.97 Å². The van der Waals surface area contributed by atoms with Crippen LogP contribution in [-0.4, -0.2) is 25.6 Å². The maximum atomic E-state index is 11.9. The predicted molar refractivity (Wildman–Crippen MR) is 97.1 cm³/mol. The van der Waals surface area contributed by atoms with Crippen molar-refractivity contribution in [1.82, 2.24) is 0 Å². The van der Waals surface area contributed by atoms with E-state index in [0.29, 0.717) is 22.9 Å². The molecule has 0 heterocycles. The predicted octanol–water partition coefficient (Wildman–Crippen LogP) is 4.00. The van der Waals surface area contributed by atoms with Gasteiger partial charge in [0, 0.05) is 5.69 Å². The Morgan fingerprint density at radius 1 is 1.04 bits per heavy atom. The maximum absolute atomic E-state index is 11.9. The number of anilines is 1. The fourth-order valence-corrected chi connectivity index (χ4v) is 2.27. The van der Waals surface area contributed by atoms with E-state index < -0.39 is 5.97 Å². The van der Waals surface area contributed by atoms with Crippen LogP contribution in [0.5, 0.6) is 5.75 Å². The quantitative estimate of drug-likeness (QED) is 0.773. The van der Waals surface area contributed by atoms with Gasteiger partial charge in [-0.3, -0.25) is 4.79 Å². The average Bonchev–Trinajstić information content (AvgIpc) is 2.66. The Bertz CT molecular complexity index is 707. The van der Waals surface area contributed by atoms with E-state index in [1.165, 1.54) is 5.56 Å². The Labute approximate surface area is 148 Å². The number of methoxy groups -OCH3 is 1. The molecule has 0 saturated carbocycles. The summed E-state index contributed by atoms with van der Waals surface area (Å²) in [6, 6.07) is 14.2. The fourth-order valence-electron chi connectivity index (χ4n) is 2.27. The van der Waals surface area contributed by atoms with E-state index >= 15 is 0 Å². The van der Waals surface area contributed by atoms with Crippen LogP contribution in [0.25, 0.3) is 0 Å². The van der Waals surface area contributed by atoms with Crippen LogP contribution in [-0.2, 0) is 9.53 Å². The summed E-state index contributed by atoms with van der Waals surface area (Å²) in [6.45, 7) is 3.96. The topological polar surface area (TPSA) is 64.6 Å². The fraction of sp³-hybridized carbons (Fsp3) is 0.300. The highest BCUT2D eigenvalue weighted by Crippen LogP contribution is 2.20. The van der Waals surface area contributed by atoms with E-state index in [2.05, 4.69) is 19.2 Å². The summed E-state index contributed by atoms with van der Waals surface area (Å²) >= 11 is 0. The molecule has 5 heteroatoms. The van der Waals surface area contributed by atoms with Gasteiger partial charge in [0.25, 0.3) is 5.91 Å². The molecule has 0 aliphatic rings. The van der Waals surface area contributed by atoms with Gasteiger partial charge in [-0.2, -0.15) is 0 Å². The number of hydrogen-bond donors (Lipinski definition) is 1. The molecule has 2 aromatic carbocycles. The van der Waals surface area contributed by atoms with Crippen LogP contribution in [0.3, 0.4) is 0 Å². The lowest BCUT2D eigenvalue weighted by atomic mass is 9.99. The van der Waals surface area contributed by atoms with E-state index in [4.69, 9.17) is 9.47 Å². The third kappa shape index (κ3) is 5.35. The summed E-state index contributed by atoms with van der Waals surface area (Å²) in [5.74, 6) is 0.202. The van der Waals surface area contributed by atoms with Gasteiger partial charge in [0.1, 0.15) is 5.75 Å². The largest absolute Gasteiger partial charge is 0.497 e. The number of esters is 1. The molecule has 0 bridgehead atoms. The highest BCUT2D eigenvalue weighted by molar-refractivity contribution is 5.95. The van der Waals surface area contributed by atoms with Gasteiger partial charge in [-0.15, -0.1) is 0 Å². The smallest absolute Gasteiger partial charge is 0.338 e. The Hall–Kier alpha value is -2.82. The van der Waals surface area contributed by atoms with Crippen molar-refractivity contribution in [2.24, 2.45) is 0 Å². The zero-order valence-corrected chi connectivity index (χ0v) is 14.7. The summed E-state index contributed by atoms with van der Waals surface area (Å²) in [4.78, 5) is 23.8. The first kappa shape index (κ1) is 18.5. The minimum absolute atomic E-state index is 0.335. The second-order valence-electron chi connectivity index (χ2n) is 5.78. The first-order valence-corrected chi connectivity index (χ1v) is 8.24. The molecule has 2 aromatic rings. The maximum Gasteiger partial charge on any atom is 0.338 e. The van der Waals surface area contributed by atoms with Crippen molar-refractivity contribution >= 4 is 17.6 Å². The second-order valence-corrected chi connectivity index (χ2v) is 5.78. The van der Waals surface area contributed by atoms with E-state index in [1.807, 2.05) is 24.3 Å². The summed E-state index contributed by atoms with van der Waals surface area (Å²) in [5.41, 5.74) is 2.27. The minimum atomic E-state index is -0.551. The van der Waals surface area contributed by atoms with Gasteiger partial charge in [0.05, 0.1) is 12.7 Å². The molecular weight excluding hydrogens is 318 g/mol. The van der Waals surface area contributed by atoms with Crippen molar-refractivity contribution in [3.05, 3.63) is 59.7 Å². The molecule has 0 unspecified atom stereocenters. The molecule has 2 rings (SSSR count). The van der Waals surface area contributed by atoms with Gasteiger partial charge in [-0.1, -0.05) is 26.0 Å². The molecular formula is C20H23NO4. The van der Waals surface area contributed by atoms with Crippen molar-refractivity contribution in [3.8, 4) is 5.75 Å². The van der Waals surface area contributed by atoms with Crippen LogP contribution in [0, 0.1) is 0 Å². The molecule has 0 fully saturated rings. The number of rotatable bonds is 7. The third-order valence-electron chi connectivity index (χ3n) is 4.04. The number of carbonyl (C=O) groups is 2. The van der Waals surface area contributed by atoms with Crippen LogP contribution < -0.4 is 10.1 Å². The lowest BCUT2D eigenvalue weighted by Crippen LogP contribution is -2.20. The molecule has 25 heavy (non-hydrogen) atoms. The first-order valence-electron chi connectivity index (χ1n) is 8.24. The SMILES string of the molecule is CC[C@@H](C)c1ccc(NC(=O)COC(=O)c2ccc(OC)cc2)cc1. The normalized spacial score (nSPS) is 11.5. The molecule has 0 spiro atoms. The van der Waals surface area contributed by atoms with Crippen molar-refractivity contribution in [2.75, 3.05) is 19.0 Å². The minimum Gasteiger partial charge on any atom is -0.497 e. The number of carbonyl (C=O) groups excluding carboxylic acids is 2. The van der Waals surface area contributed by atoms with Crippen molar-refractivity contribution in [2.45, 2.75) is 26.2 Å². The van der Waals surface area contributed by atoms with Gasteiger partial charge < -0.3 is 14.8 Å². The van der Waals surface area contributed by atoms with Crippen LogP contribution in [0.4, 0.5) is 5.69 Å². The number of amides is 1. The van der Waals surface area contributed by atoms with E-state index in [-0.39, 0.29) is 12.5 Å². The third-order valence-corrected chi connectivity index (χ3v) is 4.04. The summed E-state index contributed by atoms with van der Waals surface area (Å²) in [5, 5.41) is 2.71. The van der Waals surface area contributed by atoms with Crippen LogP contribution in [0.15, 0.2) is 48.5 Å². The zero-order chi connectivity index (χ0) is 18.2. The standard InChI is InChI=1S/C20H23NO4/c1-4-14(2)15-5-9-17(10-6-15)21-19(22)13-25-20(23)16-7-11-18(24-3)12-8-16/h5-12,14H,4,13H2,1-3H3,(H,21,22)/t14-/m1/s1. The number of hydrogen-bond acceptors (Lipinski definition) is 4. The van der Waals surface area contributed by atoms with E-state index in [9.17, 15) is 9.59 Å². The molecule has 0 aliphatic heterocycles. The van der Waals surface area contributed by atoms with Crippen LogP contribution >= 0.6 is 0 Å². The van der Waals surface area contributed by atoms with Gasteiger partial charge in [0.15, 0.2) is 6.61 Å². The number of benzene rings is 2. The highest BCUT2D eigenvalue weighted by atomic mass is 16.5. The molecule has 1 amide bonds. The summed E-state index contributed by atoms with van der Waals surface area (Å²) < 4.78 is 10.1. The molecule has 1 N–H and O–H groups in total. The average molecular weight is 341 g/mol. The van der Waals surface area contributed by atoms with Gasteiger partial charge in [-0.25, -0.2) is 4.79 Å². The molecule has 5 nitrogen and oxygen atoms in total. The molecule has 0 radical (unpaired) electrons. The molecule has 0 aromatic heterocycles. The van der Waals surface area contributed by atoms with Crippen molar-refractivity contribution in [1.29, 1.82) is 0 Å². The zero-order valence-electron chi connectivity index (χ0n) is 14.7. The molecule has 0 saturated heterocycles. The second kappa shape index (κ2) is 8.87. The Morgan fingerprint density at radius 2 is 1.68 bits per heavy atom. The Kier molecular flexibility index (Phi) is 6.57. The van der Waals surface area contributed by atoms with Crippen LogP contribution in [0.1, 0.15) is 42.1 Å². The van der Waals surface area contributed by atoms with Crippen molar-refractivity contribution < 1.29 is 19.1 Å². The van der Waals surface area contributed by atoms with Gasteiger partial charge in [0.2, 0.25) is 0 Å². The first-order chi connectivity index (χ1) is 12.0. The lowest BCUT2D eigenvalue weighted by Gasteiger charge is -2.11. The highest BCUT2D eigenvalue weighted by Gasteiger charge is 2.11. The van der Waals surface area contributed by atoms with Crippen molar-refractivity contribution in [3.63, 3.8) is 0 Å². The number of ether oxygens (including phenoxy) is 2. The van der Waals surface area contributed by atoms with Crippen LogP contribution in [0.2, 0.25) is 0 Å². The monoisotopic (exact) mass is 341 g/mol. The van der Waals surface area contributed by atoms with E-state index in [0.717, 1.165) is 6.42 Å². The molecule has 1 atom stereocenters. The summed E-state index contributed by atoms with van der Waals surface area (Å²) in [7, 11) is 1.55. The summed E-state index contributed by atoms with van der Waals surface area (Å²) in [6.07, 6.45) is 1.06. The Morgan fingerprint density at radius 3 is 2.24 bits per heavy atom.